The first-order valence-electron chi connectivity index (χ1n) is 9.17. The highest BCUT2D eigenvalue weighted by atomic mass is 16.5. The predicted molar refractivity (Wildman–Crippen MR) is 100 cm³/mol. The molecule has 1 aromatic heterocycles. The van der Waals surface area contributed by atoms with Crippen LogP contribution in [0.1, 0.15) is 42.5 Å². The van der Waals surface area contributed by atoms with E-state index in [4.69, 9.17) is 9.47 Å². The minimum Gasteiger partial charge on any atom is -0.497 e. The van der Waals surface area contributed by atoms with Crippen molar-refractivity contribution in [2.75, 3.05) is 20.3 Å². The van der Waals surface area contributed by atoms with Gasteiger partial charge in [-0.1, -0.05) is 13.8 Å². The number of nitrogens with zero attached hydrogens (tertiary/aromatic N) is 3. The van der Waals surface area contributed by atoms with Crippen molar-refractivity contribution in [1.82, 2.24) is 14.7 Å². The smallest absolute Gasteiger partial charge is 0.359 e. The molecule has 0 atom stereocenters. The molecule has 144 valence electrons. The number of carbonyl (C=O) groups is 2. The van der Waals surface area contributed by atoms with Crippen molar-refractivity contribution in [1.29, 1.82) is 0 Å². The van der Waals surface area contributed by atoms with Gasteiger partial charge in [-0.3, -0.25) is 4.79 Å². The summed E-state index contributed by atoms with van der Waals surface area (Å²) in [5.41, 5.74) is 2.83. The molecule has 1 aliphatic rings. The average molecular weight is 371 g/mol. The number of carbonyl (C=O) groups excluding carboxylic acids is 2. The maximum Gasteiger partial charge on any atom is 0.359 e. The second kappa shape index (κ2) is 7.82. The molecule has 3 rings (SSSR count). The molecule has 2 heterocycles. The van der Waals surface area contributed by atoms with E-state index in [1.165, 1.54) is 0 Å². The second-order valence-corrected chi connectivity index (χ2v) is 6.77. The van der Waals surface area contributed by atoms with E-state index in [1.807, 2.05) is 38.1 Å². The number of fused-ring (bicyclic) bond motifs is 1. The van der Waals surface area contributed by atoms with Crippen LogP contribution in [0.5, 0.6) is 5.75 Å². The Bertz CT molecular complexity index is 840. The van der Waals surface area contributed by atoms with Crippen molar-refractivity contribution in [3.8, 4) is 11.4 Å². The van der Waals surface area contributed by atoms with Crippen LogP contribution in [0.4, 0.5) is 0 Å². The quantitative estimate of drug-likeness (QED) is 0.756. The molecule has 0 bridgehead atoms. The summed E-state index contributed by atoms with van der Waals surface area (Å²) in [4.78, 5) is 26.7. The van der Waals surface area contributed by atoms with E-state index in [2.05, 4.69) is 5.10 Å². The number of hydrogen-bond acceptors (Lipinski definition) is 5. The summed E-state index contributed by atoms with van der Waals surface area (Å²) in [5, 5.41) is 4.54. The molecular formula is C20H25N3O4. The Kier molecular flexibility index (Phi) is 5.48. The standard InChI is InChI=1S/C20H25N3O4/c1-5-27-20(25)18-16-12-22(19(24)13(2)3)11-10-17(16)23(21-18)14-6-8-15(26-4)9-7-14/h6-9,13H,5,10-12H2,1-4H3. The highest BCUT2D eigenvalue weighted by molar-refractivity contribution is 5.90. The van der Waals surface area contributed by atoms with Gasteiger partial charge in [0.05, 0.1) is 25.1 Å². The number of hydrogen-bond donors (Lipinski definition) is 0. The third-order valence-corrected chi connectivity index (χ3v) is 4.65. The van der Waals surface area contributed by atoms with Crippen molar-refractivity contribution in [2.24, 2.45) is 5.92 Å². The maximum absolute atomic E-state index is 12.5. The zero-order chi connectivity index (χ0) is 19.6. The summed E-state index contributed by atoms with van der Waals surface area (Å²) in [6.45, 7) is 6.78. The fourth-order valence-electron chi connectivity index (χ4n) is 3.27. The predicted octanol–water partition coefficient (Wildman–Crippen LogP) is 2.60. The minimum atomic E-state index is -0.458. The lowest BCUT2D eigenvalue weighted by Crippen LogP contribution is -2.39. The van der Waals surface area contributed by atoms with E-state index in [-0.39, 0.29) is 24.1 Å². The van der Waals surface area contributed by atoms with Gasteiger partial charge in [-0.05, 0) is 31.2 Å². The second-order valence-electron chi connectivity index (χ2n) is 6.77. The minimum absolute atomic E-state index is 0.0765. The highest BCUT2D eigenvalue weighted by Crippen LogP contribution is 2.27. The fraction of sp³-hybridized carbons (Fsp3) is 0.450. The molecule has 1 amide bonds. The lowest BCUT2D eigenvalue weighted by Gasteiger charge is -2.29. The van der Waals surface area contributed by atoms with Crippen molar-refractivity contribution in [3.63, 3.8) is 0 Å². The van der Waals surface area contributed by atoms with Gasteiger partial charge >= 0.3 is 5.97 Å². The normalized spacial score (nSPS) is 13.4. The topological polar surface area (TPSA) is 73.7 Å². The Morgan fingerprint density at radius 2 is 1.93 bits per heavy atom. The Hall–Kier alpha value is -2.83. The summed E-state index contributed by atoms with van der Waals surface area (Å²) in [7, 11) is 1.62. The molecule has 1 aliphatic heterocycles. The number of ether oxygens (including phenoxy) is 2. The van der Waals surface area contributed by atoms with E-state index in [0.717, 1.165) is 22.7 Å². The molecule has 7 heteroatoms. The third kappa shape index (κ3) is 3.67. The van der Waals surface area contributed by atoms with Gasteiger partial charge in [-0.15, -0.1) is 0 Å². The van der Waals surface area contributed by atoms with E-state index in [1.54, 1.807) is 23.6 Å². The van der Waals surface area contributed by atoms with Crippen molar-refractivity contribution >= 4 is 11.9 Å². The van der Waals surface area contributed by atoms with Crippen LogP contribution in [0.3, 0.4) is 0 Å². The molecular weight excluding hydrogens is 346 g/mol. The van der Waals surface area contributed by atoms with Crippen molar-refractivity contribution in [3.05, 3.63) is 41.2 Å². The Morgan fingerprint density at radius 3 is 2.52 bits per heavy atom. The highest BCUT2D eigenvalue weighted by Gasteiger charge is 2.31. The Morgan fingerprint density at radius 1 is 1.22 bits per heavy atom. The van der Waals surface area contributed by atoms with Crippen LogP contribution in [0.15, 0.2) is 24.3 Å². The van der Waals surface area contributed by atoms with Gasteiger partial charge in [0.1, 0.15) is 5.75 Å². The molecule has 0 radical (unpaired) electrons. The summed E-state index contributed by atoms with van der Waals surface area (Å²) < 4.78 is 12.2. The summed E-state index contributed by atoms with van der Waals surface area (Å²) in [6.07, 6.45) is 0.631. The summed E-state index contributed by atoms with van der Waals surface area (Å²) in [6, 6.07) is 7.50. The van der Waals surface area contributed by atoms with Crippen LogP contribution in [0.2, 0.25) is 0 Å². The maximum atomic E-state index is 12.5. The zero-order valence-corrected chi connectivity index (χ0v) is 16.2. The van der Waals surface area contributed by atoms with E-state index in [9.17, 15) is 9.59 Å². The van der Waals surface area contributed by atoms with Crippen LogP contribution in [-0.4, -0.2) is 46.8 Å². The van der Waals surface area contributed by atoms with E-state index >= 15 is 0 Å². The molecule has 0 unspecified atom stereocenters. The molecule has 0 aliphatic carbocycles. The SMILES string of the molecule is CCOC(=O)c1nn(-c2ccc(OC)cc2)c2c1CN(C(=O)C(C)C)CC2. The number of esters is 1. The van der Waals surface area contributed by atoms with Gasteiger partial charge in [0.25, 0.3) is 0 Å². The van der Waals surface area contributed by atoms with Crippen LogP contribution in [0.25, 0.3) is 5.69 Å². The van der Waals surface area contributed by atoms with Gasteiger partial charge in [-0.25, -0.2) is 9.48 Å². The molecule has 0 saturated heterocycles. The number of rotatable bonds is 5. The first kappa shape index (κ1) is 18.9. The van der Waals surface area contributed by atoms with Gasteiger partial charge < -0.3 is 14.4 Å². The van der Waals surface area contributed by atoms with Gasteiger partial charge in [0.2, 0.25) is 5.91 Å². The van der Waals surface area contributed by atoms with Gasteiger partial charge in [0.15, 0.2) is 5.69 Å². The largest absolute Gasteiger partial charge is 0.497 e. The molecule has 0 N–H and O–H groups in total. The van der Waals surface area contributed by atoms with Crippen molar-refractivity contribution in [2.45, 2.75) is 33.7 Å². The summed E-state index contributed by atoms with van der Waals surface area (Å²) >= 11 is 0. The van der Waals surface area contributed by atoms with Gasteiger partial charge in [-0.2, -0.15) is 5.10 Å². The van der Waals surface area contributed by atoms with Crippen LogP contribution in [-0.2, 0) is 22.5 Å². The number of benzene rings is 1. The molecule has 27 heavy (non-hydrogen) atoms. The van der Waals surface area contributed by atoms with Gasteiger partial charge in [0, 0.05) is 31.0 Å². The molecule has 2 aromatic rings. The average Bonchev–Trinajstić information content (AvgIpc) is 3.06. The van der Waals surface area contributed by atoms with E-state index in [0.29, 0.717) is 19.5 Å². The van der Waals surface area contributed by atoms with Crippen molar-refractivity contribution < 1.29 is 19.1 Å². The molecule has 0 fully saturated rings. The molecule has 0 spiro atoms. The molecule has 7 nitrogen and oxygen atoms in total. The fourth-order valence-corrected chi connectivity index (χ4v) is 3.27. The molecule has 1 aromatic carbocycles. The molecule has 0 saturated carbocycles. The van der Waals surface area contributed by atoms with Crippen LogP contribution >= 0.6 is 0 Å². The van der Waals surface area contributed by atoms with Crippen LogP contribution < -0.4 is 4.74 Å². The lowest BCUT2D eigenvalue weighted by atomic mass is 10.0. The monoisotopic (exact) mass is 371 g/mol. The number of aromatic nitrogens is 2. The number of amides is 1. The summed E-state index contributed by atoms with van der Waals surface area (Å²) in [5.74, 6) is 0.279. The first-order valence-corrected chi connectivity index (χ1v) is 9.17. The number of methoxy groups -OCH3 is 1. The first-order chi connectivity index (χ1) is 13.0. The lowest BCUT2D eigenvalue weighted by molar-refractivity contribution is -0.135. The Labute approximate surface area is 158 Å². The zero-order valence-electron chi connectivity index (χ0n) is 16.2. The third-order valence-electron chi connectivity index (χ3n) is 4.65. The van der Waals surface area contributed by atoms with Crippen LogP contribution in [0, 0.1) is 5.92 Å². The Balaban J connectivity index is 2.03. The van der Waals surface area contributed by atoms with E-state index < -0.39 is 5.97 Å².